The molecule has 260 valence electrons. The maximum atomic E-state index is 13.1. The van der Waals surface area contributed by atoms with Crippen molar-refractivity contribution in [1.82, 2.24) is 4.90 Å². The Kier molecular flexibility index (Phi) is 12.0. The summed E-state index contributed by atoms with van der Waals surface area (Å²) in [7, 11) is 0. The van der Waals surface area contributed by atoms with Crippen molar-refractivity contribution in [3.63, 3.8) is 0 Å². The molecule has 2 saturated heterocycles. The van der Waals surface area contributed by atoms with E-state index in [4.69, 9.17) is 14.2 Å². The quantitative estimate of drug-likeness (QED) is 0.160. The van der Waals surface area contributed by atoms with Gasteiger partial charge in [0.25, 0.3) is 0 Å². The summed E-state index contributed by atoms with van der Waals surface area (Å²) in [5, 5.41) is 10.9. The highest BCUT2D eigenvalue weighted by atomic mass is 19.4. The van der Waals surface area contributed by atoms with E-state index < -0.39 is 23.9 Å². The molecule has 4 aromatic carbocycles. The van der Waals surface area contributed by atoms with Crippen molar-refractivity contribution in [2.45, 2.75) is 63.2 Å². The Labute approximate surface area is 287 Å². The van der Waals surface area contributed by atoms with Crippen LogP contribution in [-0.4, -0.2) is 67.1 Å². The average Bonchev–Trinajstić information content (AvgIpc) is 3.14. The molecular formula is C40H45F3N2O4. The number of halogens is 3. The molecule has 4 aromatic rings. The number of hydrogen-bond donors (Lipinski definition) is 1. The van der Waals surface area contributed by atoms with Crippen molar-refractivity contribution in [2.75, 3.05) is 37.7 Å². The SMILES string of the molecule is OC[C@@H]1[C@@H](OCc2ccccc2)[C@H](OCc2ccccc2)[C@@H](OCc2ccccc2)CN1CC1CCN(c2ccc(C(F)(F)F)cc2)CC1. The van der Waals surface area contributed by atoms with E-state index in [-0.39, 0.29) is 18.8 Å². The third-order valence-corrected chi connectivity index (χ3v) is 9.68. The molecule has 4 atom stereocenters. The summed E-state index contributed by atoms with van der Waals surface area (Å²) < 4.78 is 59.3. The van der Waals surface area contributed by atoms with Gasteiger partial charge < -0.3 is 24.2 Å². The molecule has 2 aliphatic heterocycles. The molecule has 6 nitrogen and oxygen atoms in total. The van der Waals surface area contributed by atoms with Crippen LogP contribution in [0.5, 0.6) is 0 Å². The number of ether oxygens (including phenoxy) is 3. The van der Waals surface area contributed by atoms with Gasteiger partial charge in [-0.05, 0) is 59.7 Å². The molecule has 0 bridgehead atoms. The number of anilines is 1. The predicted octanol–water partition coefficient (Wildman–Crippen LogP) is 7.35. The second-order valence-corrected chi connectivity index (χ2v) is 13.0. The average molecular weight is 675 g/mol. The lowest BCUT2D eigenvalue weighted by molar-refractivity contribution is -0.209. The third kappa shape index (κ3) is 9.50. The zero-order valence-corrected chi connectivity index (χ0v) is 27.6. The Balaban J connectivity index is 1.19. The highest BCUT2D eigenvalue weighted by Crippen LogP contribution is 2.33. The van der Waals surface area contributed by atoms with Crippen molar-refractivity contribution in [3.05, 3.63) is 138 Å². The fraction of sp³-hybridized carbons (Fsp3) is 0.400. The summed E-state index contributed by atoms with van der Waals surface area (Å²) >= 11 is 0. The smallest absolute Gasteiger partial charge is 0.395 e. The van der Waals surface area contributed by atoms with Crippen LogP contribution in [0.1, 0.15) is 35.1 Å². The van der Waals surface area contributed by atoms with E-state index in [1.807, 2.05) is 91.0 Å². The van der Waals surface area contributed by atoms with Gasteiger partial charge in [0.2, 0.25) is 0 Å². The fourth-order valence-corrected chi connectivity index (χ4v) is 6.97. The number of likely N-dealkylation sites (tertiary alicyclic amines) is 1. The standard InChI is InChI=1S/C40H45F3N2O4/c41-40(42,43)34-16-18-35(19-17-34)44-22-20-30(21-23-44)24-45-25-37(47-27-31-10-4-1-5-11-31)39(49-29-33-14-8-3-9-15-33)38(36(45)26-46)48-28-32-12-6-2-7-13-32/h1-19,30,36-39,46H,20-29H2/t36-,37+,38-,39-/m1/s1. The van der Waals surface area contributed by atoms with Crippen molar-refractivity contribution in [3.8, 4) is 0 Å². The Morgan fingerprint density at radius 3 is 1.61 bits per heavy atom. The van der Waals surface area contributed by atoms with Crippen LogP contribution in [0.3, 0.4) is 0 Å². The van der Waals surface area contributed by atoms with Crippen LogP contribution < -0.4 is 4.90 Å². The van der Waals surface area contributed by atoms with Gasteiger partial charge in [0.15, 0.2) is 0 Å². The molecule has 0 aromatic heterocycles. The van der Waals surface area contributed by atoms with Crippen molar-refractivity contribution in [2.24, 2.45) is 5.92 Å². The molecule has 2 heterocycles. The minimum absolute atomic E-state index is 0.0968. The van der Waals surface area contributed by atoms with Crippen molar-refractivity contribution < 1.29 is 32.5 Å². The van der Waals surface area contributed by atoms with Gasteiger partial charge in [-0.2, -0.15) is 13.2 Å². The Bertz CT molecular complexity index is 1540. The maximum Gasteiger partial charge on any atom is 0.416 e. The highest BCUT2D eigenvalue weighted by Gasteiger charge is 2.46. The summed E-state index contributed by atoms with van der Waals surface area (Å²) in [4.78, 5) is 4.47. The summed E-state index contributed by atoms with van der Waals surface area (Å²) in [6.07, 6.45) is -3.79. The van der Waals surface area contributed by atoms with Crippen molar-refractivity contribution >= 4 is 5.69 Å². The van der Waals surface area contributed by atoms with Crippen LogP contribution in [0, 0.1) is 5.92 Å². The molecular weight excluding hydrogens is 629 g/mol. The Morgan fingerprint density at radius 1 is 0.633 bits per heavy atom. The molecule has 2 aliphatic rings. The normalized spacial score (nSPS) is 22.3. The van der Waals surface area contributed by atoms with Crippen LogP contribution in [0.4, 0.5) is 18.9 Å². The second-order valence-electron chi connectivity index (χ2n) is 13.0. The lowest BCUT2D eigenvalue weighted by Crippen LogP contribution is -2.65. The largest absolute Gasteiger partial charge is 0.416 e. The summed E-state index contributed by atoms with van der Waals surface area (Å²) in [5.41, 5.74) is 3.33. The number of hydrogen-bond acceptors (Lipinski definition) is 6. The number of nitrogens with zero attached hydrogens (tertiary/aromatic N) is 2. The fourth-order valence-electron chi connectivity index (χ4n) is 6.97. The van der Waals surface area contributed by atoms with Crippen molar-refractivity contribution in [1.29, 1.82) is 0 Å². The van der Waals surface area contributed by atoms with E-state index >= 15 is 0 Å². The van der Waals surface area contributed by atoms with Crippen LogP contribution in [0.25, 0.3) is 0 Å². The molecule has 0 spiro atoms. The highest BCUT2D eigenvalue weighted by molar-refractivity contribution is 5.48. The molecule has 0 unspecified atom stereocenters. The summed E-state index contributed by atoms with van der Waals surface area (Å²) in [6.45, 7) is 3.90. The van der Waals surface area contributed by atoms with Gasteiger partial charge in [-0.25, -0.2) is 0 Å². The first kappa shape index (κ1) is 35.1. The van der Waals surface area contributed by atoms with E-state index in [0.717, 1.165) is 67.0 Å². The van der Waals surface area contributed by atoms with E-state index in [1.54, 1.807) is 12.1 Å². The van der Waals surface area contributed by atoms with E-state index in [9.17, 15) is 18.3 Å². The number of benzene rings is 4. The zero-order valence-electron chi connectivity index (χ0n) is 27.6. The van der Waals surface area contributed by atoms with Crippen LogP contribution in [0.2, 0.25) is 0 Å². The van der Waals surface area contributed by atoms with E-state index in [2.05, 4.69) is 9.80 Å². The first-order valence-electron chi connectivity index (χ1n) is 17.1. The molecule has 49 heavy (non-hydrogen) atoms. The topological polar surface area (TPSA) is 54.4 Å². The first-order chi connectivity index (χ1) is 23.9. The van der Waals surface area contributed by atoms with Gasteiger partial charge in [-0.1, -0.05) is 91.0 Å². The molecule has 0 radical (unpaired) electrons. The maximum absolute atomic E-state index is 13.1. The molecule has 2 fully saturated rings. The van der Waals surface area contributed by atoms with E-state index in [1.165, 1.54) is 0 Å². The number of alkyl halides is 3. The second kappa shape index (κ2) is 16.8. The molecule has 9 heteroatoms. The number of aliphatic hydroxyl groups excluding tert-OH is 1. The minimum Gasteiger partial charge on any atom is -0.395 e. The van der Waals surface area contributed by atoms with Gasteiger partial charge in [-0.3, -0.25) is 4.90 Å². The number of rotatable bonds is 13. The zero-order chi connectivity index (χ0) is 34.1. The summed E-state index contributed by atoms with van der Waals surface area (Å²) in [5.74, 6) is 0.339. The lowest BCUT2D eigenvalue weighted by Gasteiger charge is -2.49. The minimum atomic E-state index is -4.35. The molecule has 6 rings (SSSR count). The van der Waals surface area contributed by atoms with Crippen LogP contribution in [-0.2, 0) is 40.2 Å². The number of aliphatic hydroxyl groups is 1. The third-order valence-electron chi connectivity index (χ3n) is 9.68. The van der Waals surface area contributed by atoms with Gasteiger partial charge in [0, 0.05) is 31.9 Å². The lowest BCUT2D eigenvalue weighted by atomic mass is 9.89. The summed E-state index contributed by atoms with van der Waals surface area (Å²) in [6, 6.07) is 35.3. The van der Waals surface area contributed by atoms with Crippen LogP contribution >= 0.6 is 0 Å². The molecule has 0 saturated carbocycles. The van der Waals surface area contributed by atoms with Gasteiger partial charge in [-0.15, -0.1) is 0 Å². The van der Waals surface area contributed by atoms with Gasteiger partial charge >= 0.3 is 6.18 Å². The van der Waals surface area contributed by atoms with E-state index in [0.29, 0.717) is 32.3 Å². The molecule has 0 amide bonds. The Hall–Kier alpha value is -3.73. The predicted molar refractivity (Wildman–Crippen MR) is 184 cm³/mol. The number of piperidine rings is 2. The van der Waals surface area contributed by atoms with Gasteiger partial charge in [0.1, 0.15) is 12.2 Å². The monoisotopic (exact) mass is 674 g/mol. The van der Waals surface area contributed by atoms with Crippen LogP contribution in [0.15, 0.2) is 115 Å². The first-order valence-corrected chi connectivity index (χ1v) is 17.1. The Morgan fingerprint density at radius 2 is 1.12 bits per heavy atom. The van der Waals surface area contributed by atoms with Gasteiger partial charge in [0.05, 0.1) is 44.1 Å². The molecule has 0 aliphatic carbocycles. The molecule has 1 N–H and O–H groups in total.